The van der Waals surface area contributed by atoms with Crippen LogP contribution < -0.4 is 20.9 Å². The summed E-state index contributed by atoms with van der Waals surface area (Å²) in [5.74, 6) is -2.75. The SMILES string of the molecule is C#CCOC(=O)[C@H](C)N[P@](=O)(OC[C@H]1O[C@@H](n2ccc(=O)[nH]c2=O)C(F)(F)[C@@H]1O)Oc1ccccc1. The molecule has 0 bridgehead atoms. The zero-order valence-corrected chi connectivity index (χ0v) is 19.6. The Labute approximate surface area is 202 Å². The fourth-order valence-electron chi connectivity index (χ4n) is 3.13. The van der Waals surface area contributed by atoms with Crippen molar-refractivity contribution >= 4 is 13.7 Å². The molecule has 1 aromatic carbocycles. The van der Waals surface area contributed by atoms with Gasteiger partial charge in [-0.25, -0.2) is 9.36 Å². The van der Waals surface area contributed by atoms with Crippen LogP contribution in [0.5, 0.6) is 5.75 Å². The number of hydrogen-bond donors (Lipinski definition) is 3. The molecule has 1 saturated heterocycles. The number of H-pyrrole nitrogens is 1. The van der Waals surface area contributed by atoms with E-state index in [1.807, 2.05) is 4.98 Å². The number of aromatic amines is 1. The zero-order chi connectivity index (χ0) is 26.5. The summed E-state index contributed by atoms with van der Waals surface area (Å²) in [5.41, 5.74) is -2.02. The maximum absolute atomic E-state index is 14.7. The summed E-state index contributed by atoms with van der Waals surface area (Å²) in [4.78, 5) is 37.1. The largest absolute Gasteiger partial charge is 0.459 e. The molecule has 0 radical (unpaired) electrons. The van der Waals surface area contributed by atoms with Gasteiger partial charge in [0.2, 0.25) is 6.23 Å². The molecule has 0 amide bonds. The van der Waals surface area contributed by atoms with Gasteiger partial charge in [-0.05, 0) is 19.1 Å². The predicted molar refractivity (Wildman–Crippen MR) is 119 cm³/mol. The first-order valence-electron chi connectivity index (χ1n) is 10.4. The highest BCUT2D eigenvalue weighted by Crippen LogP contribution is 2.47. The number of alkyl halides is 2. The van der Waals surface area contributed by atoms with Crippen molar-refractivity contribution in [3.63, 3.8) is 0 Å². The summed E-state index contributed by atoms with van der Waals surface area (Å²) in [5, 5.41) is 12.5. The number of rotatable bonds is 10. The van der Waals surface area contributed by atoms with Crippen LogP contribution >= 0.6 is 7.75 Å². The monoisotopic (exact) mass is 529 g/mol. The van der Waals surface area contributed by atoms with E-state index in [-0.39, 0.29) is 12.4 Å². The van der Waals surface area contributed by atoms with Crippen molar-refractivity contribution < 1.29 is 41.8 Å². The molecule has 1 aromatic heterocycles. The molecule has 2 aromatic rings. The minimum atomic E-state index is -4.47. The lowest BCUT2D eigenvalue weighted by atomic mass is 10.1. The molecule has 1 aliphatic rings. The van der Waals surface area contributed by atoms with E-state index in [0.717, 1.165) is 12.3 Å². The molecule has 0 saturated carbocycles. The van der Waals surface area contributed by atoms with Crippen LogP contribution in [-0.4, -0.2) is 58.0 Å². The van der Waals surface area contributed by atoms with Gasteiger partial charge in [-0.2, -0.15) is 13.9 Å². The van der Waals surface area contributed by atoms with Crippen molar-refractivity contribution in [2.24, 2.45) is 0 Å². The van der Waals surface area contributed by atoms with E-state index in [1.54, 1.807) is 18.2 Å². The number of carbonyl (C=O) groups excluding carboxylic acids is 1. The van der Waals surface area contributed by atoms with E-state index >= 15 is 0 Å². The average Bonchev–Trinajstić information content (AvgIpc) is 3.05. The number of para-hydroxylation sites is 1. The first kappa shape index (κ1) is 27.3. The predicted octanol–water partition coefficient (Wildman–Crippen LogP) is 0.788. The van der Waals surface area contributed by atoms with Crippen molar-refractivity contribution in [1.82, 2.24) is 14.6 Å². The molecule has 3 N–H and O–H groups in total. The highest BCUT2D eigenvalue weighted by atomic mass is 31.2. The molecule has 2 heterocycles. The standard InChI is InChI=1S/C21H22F2N3O9P/c1-3-11-32-18(29)13(2)25-36(31,35-14-7-5-4-6-8-14)33-12-15-17(28)21(22,23)19(34-15)26-10-9-16(27)24-20(26)30/h1,4-10,13,15,17,19,28H,11-12H2,2H3,(H,25,31)(H,24,27,30)/t13-,15+,17+,19+,36-/m0/s1. The lowest BCUT2D eigenvalue weighted by Gasteiger charge is -2.24. The number of aromatic nitrogens is 2. The maximum atomic E-state index is 14.7. The maximum Gasteiger partial charge on any atom is 0.459 e. The number of benzene rings is 1. The summed E-state index contributed by atoms with van der Waals surface area (Å²) in [6.07, 6.45) is -0.765. The number of aliphatic hydroxyl groups is 1. The lowest BCUT2D eigenvalue weighted by molar-refractivity contribution is -0.143. The van der Waals surface area contributed by atoms with Crippen LogP contribution in [0.4, 0.5) is 8.78 Å². The molecule has 5 atom stereocenters. The van der Waals surface area contributed by atoms with Crippen molar-refractivity contribution in [1.29, 1.82) is 0 Å². The Morgan fingerprint density at radius 3 is 2.69 bits per heavy atom. The van der Waals surface area contributed by atoms with Gasteiger partial charge in [0.15, 0.2) is 12.7 Å². The fraction of sp³-hybridized carbons (Fsp3) is 0.381. The van der Waals surface area contributed by atoms with E-state index in [2.05, 4.69) is 11.0 Å². The summed E-state index contributed by atoms with van der Waals surface area (Å²) < 4.78 is 63.8. The van der Waals surface area contributed by atoms with Gasteiger partial charge in [-0.3, -0.25) is 23.7 Å². The number of carbonyl (C=O) groups is 1. The average molecular weight is 529 g/mol. The third-order valence-electron chi connectivity index (χ3n) is 4.86. The van der Waals surface area contributed by atoms with Gasteiger partial charge >= 0.3 is 25.3 Å². The van der Waals surface area contributed by atoms with E-state index in [0.29, 0.717) is 4.57 Å². The molecule has 3 rings (SSSR count). The quantitative estimate of drug-likeness (QED) is 0.228. The van der Waals surface area contributed by atoms with Gasteiger partial charge in [0.25, 0.3) is 5.56 Å². The minimum absolute atomic E-state index is 0.0495. The Morgan fingerprint density at radius 2 is 2.06 bits per heavy atom. The van der Waals surface area contributed by atoms with E-state index in [9.17, 15) is 32.8 Å². The second-order valence-corrected chi connectivity index (χ2v) is 9.22. The van der Waals surface area contributed by atoms with Crippen LogP contribution in [0.15, 0.2) is 52.2 Å². The molecule has 1 aliphatic heterocycles. The van der Waals surface area contributed by atoms with Crippen LogP contribution in [-0.2, 0) is 23.4 Å². The number of nitrogens with zero attached hydrogens (tertiary/aromatic N) is 1. The molecular formula is C21H22F2N3O9P. The number of ether oxygens (including phenoxy) is 2. The fourth-order valence-corrected chi connectivity index (χ4v) is 4.63. The smallest absolute Gasteiger partial charge is 0.451 e. The van der Waals surface area contributed by atoms with Crippen LogP contribution in [0.2, 0.25) is 0 Å². The highest BCUT2D eigenvalue weighted by Gasteiger charge is 2.60. The molecule has 0 spiro atoms. The summed E-state index contributed by atoms with van der Waals surface area (Å²) in [7, 11) is -4.47. The van der Waals surface area contributed by atoms with Crippen molar-refractivity contribution in [3.05, 3.63) is 63.4 Å². The van der Waals surface area contributed by atoms with Crippen molar-refractivity contribution in [2.45, 2.75) is 37.3 Å². The highest BCUT2D eigenvalue weighted by molar-refractivity contribution is 7.52. The van der Waals surface area contributed by atoms with Crippen molar-refractivity contribution in [2.75, 3.05) is 13.2 Å². The Hall–Kier alpha value is -3.34. The molecule has 15 heteroatoms. The number of hydrogen-bond acceptors (Lipinski definition) is 9. The Morgan fingerprint density at radius 1 is 1.36 bits per heavy atom. The number of aliphatic hydroxyl groups excluding tert-OH is 1. The van der Waals surface area contributed by atoms with E-state index in [4.69, 9.17) is 24.9 Å². The third kappa shape index (κ3) is 6.26. The Balaban J connectivity index is 1.79. The second kappa shape index (κ2) is 11.2. The molecular weight excluding hydrogens is 507 g/mol. The lowest BCUT2D eigenvalue weighted by Crippen LogP contribution is -2.43. The molecule has 0 unspecified atom stereocenters. The second-order valence-electron chi connectivity index (χ2n) is 7.52. The summed E-state index contributed by atoms with van der Waals surface area (Å²) >= 11 is 0. The summed E-state index contributed by atoms with van der Waals surface area (Å²) in [6, 6.07) is 7.16. The minimum Gasteiger partial charge on any atom is -0.451 e. The normalized spacial score (nSPS) is 23.2. The summed E-state index contributed by atoms with van der Waals surface area (Å²) in [6.45, 7) is 0.0176. The first-order valence-corrected chi connectivity index (χ1v) is 11.9. The number of nitrogens with one attached hydrogen (secondary N) is 2. The van der Waals surface area contributed by atoms with Gasteiger partial charge in [-0.15, -0.1) is 6.42 Å². The number of halogens is 2. The van der Waals surface area contributed by atoms with Gasteiger partial charge in [0, 0.05) is 12.3 Å². The van der Waals surface area contributed by atoms with Crippen LogP contribution in [0.3, 0.4) is 0 Å². The Bertz CT molecular complexity index is 1280. The number of terminal acetylenes is 1. The molecule has 36 heavy (non-hydrogen) atoms. The molecule has 12 nitrogen and oxygen atoms in total. The van der Waals surface area contributed by atoms with E-state index < -0.39 is 62.0 Å². The van der Waals surface area contributed by atoms with Crippen LogP contribution in [0, 0.1) is 12.3 Å². The number of esters is 1. The third-order valence-corrected chi connectivity index (χ3v) is 6.51. The Kier molecular flexibility index (Phi) is 8.44. The van der Waals surface area contributed by atoms with E-state index in [1.165, 1.54) is 19.1 Å². The molecule has 0 aliphatic carbocycles. The van der Waals surface area contributed by atoms with Crippen LogP contribution in [0.1, 0.15) is 13.2 Å². The topological polar surface area (TPSA) is 158 Å². The van der Waals surface area contributed by atoms with Crippen molar-refractivity contribution in [3.8, 4) is 18.1 Å². The first-order chi connectivity index (χ1) is 17.0. The molecule has 194 valence electrons. The van der Waals surface area contributed by atoms with Gasteiger partial charge in [0.1, 0.15) is 17.9 Å². The zero-order valence-electron chi connectivity index (χ0n) is 18.7. The van der Waals surface area contributed by atoms with Gasteiger partial charge < -0.3 is 19.1 Å². The van der Waals surface area contributed by atoms with Gasteiger partial charge in [-0.1, -0.05) is 24.1 Å². The van der Waals surface area contributed by atoms with Gasteiger partial charge in [0.05, 0.1) is 6.61 Å². The molecule has 1 fully saturated rings. The van der Waals surface area contributed by atoms with Crippen LogP contribution in [0.25, 0.3) is 0 Å².